The predicted octanol–water partition coefficient (Wildman–Crippen LogP) is 5.69. The maximum absolute atomic E-state index is 12.7. The first-order chi connectivity index (χ1) is 21.6. The Morgan fingerprint density at radius 3 is 2.13 bits per heavy atom. The number of aromatic nitrogens is 2. The van der Waals surface area contributed by atoms with Crippen LogP contribution in [0.4, 0.5) is 22.0 Å². The first-order valence-electron chi connectivity index (χ1n) is 14.8. The van der Waals surface area contributed by atoms with E-state index in [0.29, 0.717) is 41.7 Å². The standard InChI is InChI=1S/C34H38N8O3/c1-21(35)30(22(2)36-3)25-10-15-28-29(20-25)39-31(40-32(28)42-16-18-45-19-17-42)23-6-11-26(12-7-23)37-34(44)38-27-13-8-24(9-14-27)33(43)41(4)5/h6-15,20,30,35H,16-19H2,1-5H3,(H2,37,38,44). The van der Waals surface area contributed by atoms with Gasteiger partial charge in [0.2, 0.25) is 0 Å². The molecule has 11 heteroatoms. The first kappa shape index (κ1) is 31.3. The molecule has 1 fully saturated rings. The van der Waals surface area contributed by atoms with Crippen LogP contribution in [0.1, 0.15) is 35.7 Å². The number of hydrogen-bond donors (Lipinski definition) is 3. The lowest BCUT2D eigenvalue weighted by atomic mass is 9.90. The van der Waals surface area contributed by atoms with Crippen LogP contribution in [0.3, 0.4) is 0 Å². The molecule has 3 aromatic carbocycles. The molecule has 1 atom stereocenters. The number of anilines is 3. The number of nitrogens with zero attached hydrogens (tertiary/aromatic N) is 5. The summed E-state index contributed by atoms with van der Waals surface area (Å²) in [6, 6.07) is 19.8. The molecule has 5 rings (SSSR count). The molecule has 45 heavy (non-hydrogen) atoms. The van der Waals surface area contributed by atoms with Gasteiger partial charge in [0.1, 0.15) is 5.82 Å². The second-order valence-electron chi connectivity index (χ2n) is 11.2. The number of hydrogen-bond acceptors (Lipinski definition) is 8. The van der Waals surface area contributed by atoms with Crippen LogP contribution in [0.5, 0.6) is 0 Å². The molecule has 1 saturated heterocycles. The molecule has 0 bridgehead atoms. The Morgan fingerprint density at radius 2 is 1.56 bits per heavy atom. The van der Waals surface area contributed by atoms with E-state index >= 15 is 0 Å². The van der Waals surface area contributed by atoms with Crippen molar-refractivity contribution in [1.82, 2.24) is 14.9 Å². The van der Waals surface area contributed by atoms with Crippen molar-refractivity contribution in [3.63, 3.8) is 0 Å². The normalized spacial score (nSPS) is 14.2. The zero-order valence-electron chi connectivity index (χ0n) is 26.2. The number of carbonyl (C=O) groups excluding carboxylic acids is 2. The number of benzene rings is 3. The monoisotopic (exact) mass is 606 g/mol. The van der Waals surface area contributed by atoms with Crippen LogP contribution >= 0.6 is 0 Å². The van der Waals surface area contributed by atoms with Gasteiger partial charge < -0.3 is 30.6 Å². The van der Waals surface area contributed by atoms with Gasteiger partial charge >= 0.3 is 6.03 Å². The summed E-state index contributed by atoms with van der Waals surface area (Å²) >= 11 is 0. The number of aliphatic imine (C=N–C) groups is 1. The van der Waals surface area contributed by atoms with Crippen molar-refractivity contribution >= 4 is 51.5 Å². The van der Waals surface area contributed by atoms with Crippen LogP contribution in [-0.2, 0) is 4.74 Å². The molecule has 1 aliphatic rings. The summed E-state index contributed by atoms with van der Waals surface area (Å²) in [5, 5.41) is 15.0. The number of fused-ring (bicyclic) bond motifs is 1. The summed E-state index contributed by atoms with van der Waals surface area (Å²) in [5.41, 5.74) is 5.65. The van der Waals surface area contributed by atoms with Gasteiger partial charge in [0.05, 0.1) is 24.6 Å². The van der Waals surface area contributed by atoms with E-state index in [1.165, 1.54) is 4.90 Å². The van der Waals surface area contributed by atoms with Gasteiger partial charge in [-0.25, -0.2) is 14.8 Å². The average Bonchev–Trinajstić information content (AvgIpc) is 3.04. The van der Waals surface area contributed by atoms with Gasteiger partial charge in [-0.05, 0) is 80.1 Å². The summed E-state index contributed by atoms with van der Waals surface area (Å²) < 4.78 is 5.59. The summed E-state index contributed by atoms with van der Waals surface area (Å²) in [5.74, 6) is 1.08. The SMILES string of the molecule is CN=C(C)C(C(C)=N)c1ccc2c(N3CCOCC3)nc(-c3ccc(NC(=O)Nc4ccc(C(=O)N(C)C)cc4)cc3)nc2c1. The molecule has 3 N–H and O–H groups in total. The minimum absolute atomic E-state index is 0.106. The lowest BCUT2D eigenvalue weighted by Crippen LogP contribution is -2.37. The first-order valence-corrected chi connectivity index (χ1v) is 14.8. The Hall–Kier alpha value is -5.16. The molecule has 1 unspecified atom stereocenters. The third kappa shape index (κ3) is 7.15. The minimum Gasteiger partial charge on any atom is -0.378 e. The smallest absolute Gasteiger partial charge is 0.323 e. The number of urea groups is 1. The molecule has 0 aliphatic carbocycles. The molecular formula is C34H38N8O3. The van der Waals surface area contributed by atoms with Crippen LogP contribution in [0.15, 0.2) is 71.7 Å². The third-order valence-corrected chi connectivity index (χ3v) is 7.75. The number of morpholine rings is 1. The van der Waals surface area contributed by atoms with Crippen molar-refractivity contribution in [3.05, 3.63) is 77.9 Å². The fourth-order valence-corrected chi connectivity index (χ4v) is 5.34. The molecular weight excluding hydrogens is 568 g/mol. The minimum atomic E-state index is -0.402. The van der Waals surface area contributed by atoms with Gasteiger partial charge in [-0.15, -0.1) is 0 Å². The highest BCUT2D eigenvalue weighted by Gasteiger charge is 2.22. The van der Waals surface area contributed by atoms with Crippen LogP contribution in [0, 0.1) is 5.41 Å². The van der Waals surface area contributed by atoms with Gasteiger partial charge in [0, 0.05) is 73.5 Å². The quantitative estimate of drug-likeness (QED) is 0.221. The summed E-state index contributed by atoms with van der Waals surface area (Å²) in [6.07, 6.45) is 0. The Balaban J connectivity index is 1.40. The van der Waals surface area contributed by atoms with Gasteiger partial charge in [0.15, 0.2) is 5.82 Å². The van der Waals surface area contributed by atoms with Gasteiger partial charge in [-0.2, -0.15) is 0 Å². The molecule has 1 aliphatic heterocycles. The number of amides is 3. The highest BCUT2D eigenvalue weighted by molar-refractivity contribution is 6.10. The molecule has 0 radical (unpaired) electrons. The van der Waals surface area contributed by atoms with E-state index < -0.39 is 6.03 Å². The maximum Gasteiger partial charge on any atom is 0.323 e. The van der Waals surface area contributed by atoms with Crippen molar-refractivity contribution in [2.45, 2.75) is 19.8 Å². The van der Waals surface area contributed by atoms with Gasteiger partial charge in [-0.1, -0.05) is 6.07 Å². The molecule has 0 spiro atoms. The van der Waals surface area contributed by atoms with Crippen molar-refractivity contribution in [2.24, 2.45) is 4.99 Å². The molecule has 0 saturated carbocycles. The number of carbonyl (C=O) groups is 2. The molecule has 1 aromatic heterocycles. The van der Waals surface area contributed by atoms with Gasteiger partial charge in [-0.3, -0.25) is 9.79 Å². The number of ether oxygens (including phenoxy) is 1. The fourth-order valence-electron chi connectivity index (χ4n) is 5.34. The van der Waals surface area contributed by atoms with Gasteiger partial charge in [0.25, 0.3) is 5.91 Å². The summed E-state index contributed by atoms with van der Waals surface area (Å²) in [4.78, 5) is 42.8. The third-order valence-electron chi connectivity index (χ3n) is 7.75. The second-order valence-corrected chi connectivity index (χ2v) is 11.2. The molecule has 11 nitrogen and oxygen atoms in total. The Bertz CT molecular complexity index is 1740. The fraction of sp³-hybridized carbons (Fsp3) is 0.294. The van der Waals surface area contributed by atoms with Crippen LogP contribution in [0.2, 0.25) is 0 Å². The lowest BCUT2D eigenvalue weighted by Gasteiger charge is -2.29. The van der Waals surface area contributed by atoms with Crippen molar-refractivity contribution < 1.29 is 14.3 Å². The lowest BCUT2D eigenvalue weighted by molar-refractivity contribution is 0.0827. The molecule has 232 valence electrons. The molecule has 4 aromatic rings. The topological polar surface area (TPSA) is 136 Å². The van der Waals surface area contributed by atoms with Crippen molar-refractivity contribution in [2.75, 3.05) is 63.0 Å². The van der Waals surface area contributed by atoms with Crippen LogP contribution < -0.4 is 15.5 Å². The zero-order chi connectivity index (χ0) is 32.1. The largest absolute Gasteiger partial charge is 0.378 e. The Morgan fingerprint density at radius 1 is 0.933 bits per heavy atom. The number of rotatable bonds is 8. The van der Waals surface area contributed by atoms with E-state index in [-0.39, 0.29) is 11.8 Å². The molecule has 3 amide bonds. The van der Waals surface area contributed by atoms with Crippen LogP contribution in [-0.4, -0.2) is 85.7 Å². The number of nitrogens with one attached hydrogen (secondary N) is 3. The zero-order valence-corrected chi connectivity index (χ0v) is 26.2. The van der Waals surface area contributed by atoms with Crippen LogP contribution in [0.25, 0.3) is 22.3 Å². The van der Waals surface area contributed by atoms with E-state index in [1.54, 1.807) is 52.3 Å². The van der Waals surface area contributed by atoms with E-state index in [1.807, 2.05) is 49.4 Å². The highest BCUT2D eigenvalue weighted by atomic mass is 16.5. The summed E-state index contributed by atoms with van der Waals surface area (Å²) in [6.45, 7) is 6.45. The van der Waals surface area contributed by atoms with Crippen molar-refractivity contribution in [1.29, 1.82) is 5.41 Å². The average molecular weight is 607 g/mol. The van der Waals surface area contributed by atoms with E-state index in [2.05, 4.69) is 20.5 Å². The highest BCUT2D eigenvalue weighted by Crippen LogP contribution is 2.32. The Labute approximate surface area is 262 Å². The summed E-state index contributed by atoms with van der Waals surface area (Å²) in [7, 11) is 5.13. The maximum atomic E-state index is 12.7. The van der Waals surface area contributed by atoms with Crippen molar-refractivity contribution in [3.8, 4) is 11.4 Å². The molecule has 2 heterocycles. The second kappa shape index (κ2) is 13.6. The Kier molecular flexibility index (Phi) is 9.48. The van der Waals surface area contributed by atoms with E-state index in [9.17, 15) is 9.59 Å². The van der Waals surface area contributed by atoms with E-state index in [0.717, 1.165) is 46.6 Å². The van der Waals surface area contributed by atoms with E-state index in [4.69, 9.17) is 20.1 Å². The predicted molar refractivity (Wildman–Crippen MR) is 180 cm³/mol.